The molecule has 0 aliphatic carbocycles. The summed E-state index contributed by atoms with van der Waals surface area (Å²) in [4.78, 5) is 23.7. The van der Waals surface area contributed by atoms with Crippen LogP contribution < -0.4 is 5.48 Å². The molecule has 0 bridgehead atoms. The highest BCUT2D eigenvalue weighted by atomic mass is 19.1. The number of Topliss-reactive ketones (excluding diaryl/α,β-unsaturated/α-hetero) is 1. The number of amides is 1. The molecule has 3 N–H and O–H groups in total. The second-order valence-corrected chi connectivity index (χ2v) is 8.89. The fourth-order valence-electron chi connectivity index (χ4n) is 4.52. The predicted octanol–water partition coefficient (Wildman–Crippen LogP) is 5.71. The van der Waals surface area contributed by atoms with Crippen molar-refractivity contribution in [2.45, 2.75) is 50.4 Å². The van der Waals surface area contributed by atoms with Gasteiger partial charge in [-0.15, -0.1) is 0 Å². The minimum absolute atomic E-state index is 0.00711. The average Bonchev–Trinajstić information content (AvgIpc) is 2.89. The SMILES string of the molecule is O=C(CCCCCCCC(=O)c1ccc(C(CO)(c2cccc(F)c2)c2cccc(F)c2)cc1)NO. The maximum absolute atomic E-state index is 14.2. The maximum Gasteiger partial charge on any atom is 0.243 e. The van der Waals surface area contributed by atoms with Crippen LogP contribution in [0.3, 0.4) is 0 Å². The zero-order valence-electron chi connectivity index (χ0n) is 20.1. The zero-order chi connectivity index (χ0) is 26.0. The first-order chi connectivity index (χ1) is 17.4. The number of hydrogen-bond donors (Lipinski definition) is 3. The van der Waals surface area contributed by atoms with Crippen molar-refractivity contribution in [3.8, 4) is 0 Å². The molecule has 0 saturated heterocycles. The number of benzene rings is 3. The lowest BCUT2D eigenvalue weighted by Crippen LogP contribution is -2.34. The molecule has 3 aromatic rings. The summed E-state index contributed by atoms with van der Waals surface area (Å²) >= 11 is 0. The summed E-state index contributed by atoms with van der Waals surface area (Å²) in [5, 5.41) is 19.1. The molecule has 0 heterocycles. The van der Waals surface area contributed by atoms with Crippen molar-refractivity contribution in [2.75, 3.05) is 6.61 Å². The molecular weight excluding hydrogens is 464 g/mol. The van der Waals surface area contributed by atoms with E-state index >= 15 is 0 Å². The van der Waals surface area contributed by atoms with Crippen LogP contribution in [0.1, 0.15) is 72.0 Å². The zero-order valence-corrected chi connectivity index (χ0v) is 20.1. The van der Waals surface area contributed by atoms with Gasteiger partial charge in [0.1, 0.15) is 11.6 Å². The van der Waals surface area contributed by atoms with E-state index in [1.807, 2.05) is 0 Å². The molecule has 0 aliphatic rings. The number of rotatable bonds is 13. The largest absolute Gasteiger partial charge is 0.395 e. The lowest BCUT2D eigenvalue weighted by molar-refractivity contribution is -0.129. The number of hydrogen-bond acceptors (Lipinski definition) is 4. The van der Waals surface area contributed by atoms with Crippen LogP contribution in [0.25, 0.3) is 0 Å². The van der Waals surface area contributed by atoms with Gasteiger partial charge >= 0.3 is 0 Å². The molecule has 0 aromatic heterocycles. The number of carbonyl (C=O) groups excluding carboxylic acids is 2. The quantitative estimate of drug-likeness (QED) is 0.0932. The van der Waals surface area contributed by atoms with Crippen LogP contribution in [0.4, 0.5) is 8.78 Å². The average molecular weight is 496 g/mol. The highest BCUT2D eigenvalue weighted by Crippen LogP contribution is 2.39. The Morgan fingerprint density at radius 1 is 0.722 bits per heavy atom. The van der Waals surface area contributed by atoms with E-state index in [0.29, 0.717) is 35.1 Å². The molecule has 190 valence electrons. The van der Waals surface area contributed by atoms with Crippen molar-refractivity contribution in [2.24, 2.45) is 0 Å². The first-order valence-electron chi connectivity index (χ1n) is 12.1. The Bertz CT molecular complexity index is 1120. The molecule has 0 saturated carbocycles. The standard InChI is InChI=1S/C29H31F2NO4/c30-25-10-6-8-23(18-25)29(20-33,24-9-7-11-26(31)19-24)22-16-14-21(15-17-22)27(34)12-4-2-1-3-5-13-28(35)32-36/h6-11,14-19,33,36H,1-5,12-13,20H2,(H,32,35). The maximum atomic E-state index is 14.2. The molecule has 0 atom stereocenters. The van der Waals surface area contributed by atoms with Crippen LogP contribution >= 0.6 is 0 Å². The highest BCUT2D eigenvalue weighted by molar-refractivity contribution is 5.96. The van der Waals surface area contributed by atoms with Gasteiger partial charge in [-0.2, -0.15) is 0 Å². The van der Waals surface area contributed by atoms with Crippen LogP contribution in [0, 0.1) is 11.6 Å². The van der Waals surface area contributed by atoms with Crippen LogP contribution in [0.5, 0.6) is 0 Å². The third kappa shape index (κ3) is 6.62. The molecule has 5 nitrogen and oxygen atoms in total. The second-order valence-electron chi connectivity index (χ2n) is 8.89. The van der Waals surface area contributed by atoms with Crippen molar-refractivity contribution < 1.29 is 28.7 Å². The van der Waals surface area contributed by atoms with Crippen molar-refractivity contribution in [1.29, 1.82) is 0 Å². The van der Waals surface area contributed by atoms with Crippen LogP contribution in [-0.2, 0) is 10.2 Å². The van der Waals surface area contributed by atoms with E-state index in [1.165, 1.54) is 24.3 Å². The molecule has 1 amide bonds. The Morgan fingerprint density at radius 3 is 1.75 bits per heavy atom. The number of ketones is 1. The second kappa shape index (κ2) is 13.0. The lowest BCUT2D eigenvalue weighted by Gasteiger charge is -2.34. The Hall–Kier alpha value is -3.42. The van der Waals surface area contributed by atoms with Gasteiger partial charge in [0.05, 0.1) is 12.0 Å². The van der Waals surface area contributed by atoms with Crippen LogP contribution in [-0.4, -0.2) is 28.6 Å². The summed E-state index contributed by atoms with van der Waals surface area (Å²) in [6, 6.07) is 18.6. The number of nitrogens with one attached hydrogen (secondary N) is 1. The molecule has 3 rings (SSSR count). The van der Waals surface area contributed by atoms with E-state index in [2.05, 4.69) is 0 Å². The summed E-state index contributed by atoms with van der Waals surface area (Å²) in [5.41, 5.74) is 2.50. The third-order valence-electron chi connectivity index (χ3n) is 6.50. The van der Waals surface area contributed by atoms with E-state index in [4.69, 9.17) is 5.21 Å². The van der Waals surface area contributed by atoms with Crippen molar-refractivity contribution in [1.82, 2.24) is 5.48 Å². The van der Waals surface area contributed by atoms with Crippen molar-refractivity contribution >= 4 is 11.7 Å². The molecule has 0 unspecified atom stereocenters. The summed E-state index contributed by atoms with van der Waals surface area (Å²) in [7, 11) is 0. The predicted molar refractivity (Wildman–Crippen MR) is 133 cm³/mol. The topological polar surface area (TPSA) is 86.6 Å². The van der Waals surface area contributed by atoms with E-state index in [1.54, 1.807) is 54.0 Å². The van der Waals surface area contributed by atoms with Gasteiger partial charge < -0.3 is 5.11 Å². The molecule has 0 aliphatic heterocycles. The van der Waals surface area contributed by atoms with E-state index in [-0.39, 0.29) is 12.2 Å². The van der Waals surface area contributed by atoms with Gasteiger partial charge in [0.2, 0.25) is 5.91 Å². The fraction of sp³-hybridized carbons (Fsp3) is 0.310. The molecule has 36 heavy (non-hydrogen) atoms. The Balaban J connectivity index is 1.73. The number of unbranched alkanes of at least 4 members (excludes halogenated alkanes) is 4. The van der Waals surface area contributed by atoms with E-state index in [9.17, 15) is 23.5 Å². The van der Waals surface area contributed by atoms with Gasteiger partial charge in [0.15, 0.2) is 5.78 Å². The number of carbonyl (C=O) groups is 2. The van der Waals surface area contributed by atoms with Gasteiger partial charge in [0, 0.05) is 18.4 Å². The number of aliphatic hydroxyl groups is 1. The number of aliphatic hydroxyl groups excluding tert-OH is 1. The Morgan fingerprint density at radius 2 is 1.25 bits per heavy atom. The molecule has 0 spiro atoms. The summed E-state index contributed by atoms with van der Waals surface area (Å²) < 4.78 is 28.3. The van der Waals surface area contributed by atoms with E-state index < -0.39 is 29.6 Å². The first-order valence-corrected chi connectivity index (χ1v) is 12.1. The fourth-order valence-corrected chi connectivity index (χ4v) is 4.52. The van der Waals surface area contributed by atoms with Gasteiger partial charge in [-0.25, -0.2) is 14.3 Å². The number of hydroxylamine groups is 1. The normalized spacial score (nSPS) is 11.3. The number of halogens is 2. The lowest BCUT2D eigenvalue weighted by atomic mass is 9.70. The third-order valence-corrected chi connectivity index (χ3v) is 6.50. The van der Waals surface area contributed by atoms with E-state index in [0.717, 1.165) is 25.7 Å². The van der Waals surface area contributed by atoms with Gasteiger partial charge in [-0.1, -0.05) is 67.8 Å². The minimum Gasteiger partial charge on any atom is -0.395 e. The molecule has 3 aromatic carbocycles. The molecule has 0 fully saturated rings. The smallest absolute Gasteiger partial charge is 0.243 e. The Kier molecular flexibility index (Phi) is 9.85. The van der Waals surface area contributed by atoms with Gasteiger partial charge in [-0.05, 0) is 53.8 Å². The minimum atomic E-state index is -1.21. The molecular formula is C29H31F2NO4. The summed E-state index contributed by atoms with van der Waals surface area (Å²) in [5.74, 6) is -1.34. The van der Waals surface area contributed by atoms with Crippen LogP contribution in [0.15, 0.2) is 72.8 Å². The highest BCUT2D eigenvalue weighted by Gasteiger charge is 2.36. The summed E-state index contributed by atoms with van der Waals surface area (Å²) in [6.45, 7) is -0.423. The van der Waals surface area contributed by atoms with Gasteiger partial charge in [0.25, 0.3) is 0 Å². The van der Waals surface area contributed by atoms with Crippen molar-refractivity contribution in [3.05, 3.63) is 107 Å². The molecule has 0 radical (unpaired) electrons. The van der Waals surface area contributed by atoms with Crippen molar-refractivity contribution in [3.63, 3.8) is 0 Å². The first kappa shape index (κ1) is 27.2. The monoisotopic (exact) mass is 495 g/mol. The van der Waals surface area contributed by atoms with Crippen LogP contribution in [0.2, 0.25) is 0 Å². The summed E-state index contributed by atoms with van der Waals surface area (Å²) in [6.07, 6.45) is 4.67. The Labute approximate surface area is 209 Å². The van der Waals surface area contributed by atoms with Gasteiger partial charge in [-0.3, -0.25) is 14.8 Å². The molecule has 7 heteroatoms.